The minimum Gasteiger partial charge on any atom is -0.396 e. The van der Waals surface area contributed by atoms with Crippen molar-refractivity contribution in [1.82, 2.24) is 15.1 Å². The van der Waals surface area contributed by atoms with Gasteiger partial charge in [0.05, 0.1) is 0 Å². The molecule has 0 saturated carbocycles. The Labute approximate surface area is 92.9 Å². The molecule has 0 bridgehead atoms. The molecule has 0 atom stereocenters. The second-order valence-electron chi connectivity index (χ2n) is 3.27. The SMILES string of the molecule is CCN(CCCO)C(=O)c1ccc(=O)[nH]n1. The van der Waals surface area contributed by atoms with Gasteiger partial charge in [-0.2, -0.15) is 5.10 Å². The van der Waals surface area contributed by atoms with Crippen LogP contribution >= 0.6 is 0 Å². The summed E-state index contributed by atoms with van der Waals surface area (Å²) < 4.78 is 0. The lowest BCUT2D eigenvalue weighted by Crippen LogP contribution is -2.33. The summed E-state index contributed by atoms with van der Waals surface area (Å²) in [7, 11) is 0. The smallest absolute Gasteiger partial charge is 0.274 e. The third-order valence-corrected chi connectivity index (χ3v) is 2.15. The molecule has 0 radical (unpaired) electrons. The van der Waals surface area contributed by atoms with E-state index >= 15 is 0 Å². The summed E-state index contributed by atoms with van der Waals surface area (Å²) in [6.45, 7) is 2.91. The number of nitrogens with zero attached hydrogens (tertiary/aromatic N) is 2. The topological polar surface area (TPSA) is 86.3 Å². The Morgan fingerprint density at radius 2 is 2.31 bits per heavy atom. The Morgan fingerprint density at radius 3 is 2.81 bits per heavy atom. The molecule has 0 unspecified atom stereocenters. The van der Waals surface area contributed by atoms with E-state index in [4.69, 9.17) is 5.11 Å². The van der Waals surface area contributed by atoms with Gasteiger partial charge in [-0.3, -0.25) is 9.59 Å². The number of nitrogens with one attached hydrogen (secondary N) is 1. The molecule has 16 heavy (non-hydrogen) atoms. The van der Waals surface area contributed by atoms with Crippen LogP contribution in [0, 0.1) is 0 Å². The molecule has 0 aliphatic rings. The van der Waals surface area contributed by atoms with Crippen molar-refractivity contribution in [3.8, 4) is 0 Å². The highest BCUT2D eigenvalue weighted by atomic mass is 16.3. The van der Waals surface area contributed by atoms with Gasteiger partial charge in [-0.05, 0) is 19.4 Å². The average Bonchev–Trinajstić information content (AvgIpc) is 2.30. The van der Waals surface area contributed by atoms with E-state index in [0.29, 0.717) is 19.5 Å². The highest BCUT2D eigenvalue weighted by molar-refractivity contribution is 5.92. The summed E-state index contributed by atoms with van der Waals surface area (Å²) in [5.41, 5.74) is -0.130. The van der Waals surface area contributed by atoms with Crippen molar-refractivity contribution >= 4 is 5.91 Å². The molecule has 88 valence electrons. The van der Waals surface area contributed by atoms with Gasteiger partial charge in [0.1, 0.15) is 5.69 Å². The van der Waals surface area contributed by atoms with Gasteiger partial charge in [-0.25, -0.2) is 5.10 Å². The van der Waals surface area contributed by atoms with Gasteiger partial charge in [0, 0.05) is 25.8 Å². The number of aliphatic hydroxyl groups is 1. The molecule has 2 N–H and O–H groups in total. The molecule has 1 aromatic heterocycles. The van der Waals surface area contributed by atoms with Crippen molar-refractivity contribution in [3.05, 3.63) is 28.2 Å². The first-order valence-electron chi connectivity index (χ1n) is 5.15. The van der Waals surface area contributed by atoms with E-state index in [1.54, 1.807) is 4.90 Å². The van der Waals surface area contributed by atoms with Crippen LogP contribution in [-0.2, 0) is 0 Å². The molecule has 1 rings (SSSR count). The lowest BCUT2D eigenvalue weighted by atomic mass is 10.3. The quantitative estimate of drug-likeness (QED) is 0.714. The number of amides is 1. The van der Waals surface area contributed by atoms with Crippen molar-refractivity contribution in [2.75, 3.05) is 19.7 Å². The minimum absolute atomic E-state index is 0.0445. The maximum atomic E-state index is 11.9. The molecule has 0 saturated heterocycles. The molecule has 0 aliphatic heterocycles. The number of hydrogen-bond donors (Lipinski definition) is 2. The number of carbonyl (C=O) groups is 1. The highest BCUT2D eigenvalue weighted by Crippen LogP contribution is 2.00. The summed E-state index contributed by atoms with van der Waals surface area (Å²) in [5, 5.41) is 14.6. The molecule has 6 nitrogen and oxygen atoms in total. The molecular weight excluding hydrogens is 210 g/mol. The number of carbonyl (C=O) groups excluding carboxylic acids is 1. The van der Waals surface area contributed by atoms with Crippen LogP contribution in [0.4, 0.5) is 0 Å². The number of aromatic nitrogens is 2. The van der Waals surface area contributed by atoms with Crippen molar-refractivity contribution in [2.24, 2.45) is 0 Å². The molecule has 0 aliphatic carbocycles. The van der Waals surface area contributed by atoms with Gasteiger partial charge in [0.25, 0.3) is 11.5 Å². The Hall–Kier alpha value is -1.69. The summed E-state index contributed by atoms with van der Waals surface area (Å²) in [6, 6.07) is 2.66. The second kappa shape index (κ2) is 6.02. The summed E-state index contributed by atoms with van der Waals surface area (Å²) >= 11 is 0. The van der Waals surface area contributed by atoms with Crippen molar-refractivity contribution in [2.45, 2.75) is 13.3 Å². The lowest BCUT2D eigenvalue weighted by Gasteiger charge is -2.19. The normalized spacial score (nSPS) is 10.1. The van der Waals surface area contributed by atoms with Crippen LogP contribution in [0.1, 0.15) is 23.8 Å². The monoisotopic (exact) mass is 225 g/mol. The van der Waals surface area contributed by atoms with Crippen LogP contribution in [0.2, 0.25) is 0 Å². The van der Waals surface area contributed by atoms with E-state index in [2.05, 4.69) is 10.2 Å². The van der Waals surface area contributed by atoms with Crippen LogP contribution in [0.3, 0.4) is 0 Å². The zero-order valence-electron chi connectivity index (χ0n) is 9.14. The number of aliphatic hydroxyl groups excluding tert-OH is 1. The maximum absolute atomic E-state index is 11.9. The molecule has 1 aromatic rings. The molecule has 0 fully saturated rings. The van der Waals surface area contributed by atoms with Crippen LogP contribution < -0.4 is 5.56 Å². The van der Waals surface area contributed by atoms with Gasteiger partial charge >= 0.3 is 0 Å². The zero-order valence-corrected chi connectivity index (χ0v) is 9.14. The van der Waals surface area contributed by atoms with Crippen molar-refractivity contribution in [3.63, 3.8) is 0 Å². The van der Waals surface area contributed by atoms with E-state index in [-0.39, 0.29) is 23.8 Å². The fourth-order valence-corrected chi connectivity index (χ4v) is 1.29. The van der Waals surface area contributed by atoms with Crippen LogP contribution in [0.5, 0.6) is 0 Å². The Kier molecular flexibility index (Phi) is 4.65. The standard InChI is InChI=1S/C10H15N3O3/c1-2-13(6-3-7-14)10(16)8-4-5-9(15)12-11-8/h4-5,14H,2-3,6-7H2,1H3,(H,12,15). The van der Waals surface area contributed by atoms with Crippen LogP contribution in [0.25, 0.3) is 0 Å². The predicted molar refractivity (Wildman–Crippen MR) is 58.1 cm³/mol. The van der Waals surface area contributed by atoms with E-state index in [9.17, 15) is 9.59 Å². The first kappa shape index (κ1) is 12.4. The average molecular weight is 225 g/mol. The molecule has 0 aromatic carbocycles. The molecule has 1 amide bonds. The maximum Gasteiger partial charge on any atom is 0.274 e. The van der Waals surface area contributed by atoms with Gasteiger partial charge in [-0.15, -0.1) is 0 Å². The van der Waals surface area contributed by atoms with E-state index < -0.39 is 0 Å². The molecule has 1 heterocycles. The van der Waals surface area contributed by atoms with E-state index in [0.717, 1.165) is 0 Å². The van der Waals surface area contributed by atoms with E-state index in [1.165, 1.54) is 12.1 Å². The van der Waals surface area contributed by atoms with Gasteiger partial charge in [-0.1, -0.05) is 0 Å². The Morgan fingerprint density at radius 1 is 1.56 bits per heavy atom. The van der Waals surface area contributed by atoms with Crippen molar-refractivity contribution < 1.29 is 9.90 Å². The number of rotatable bonds is 5. The summed E-state index contributed by atoms with van der Waals surface area (Å²) in [6.07, 6.45) is 0.531. The number of aromatic amines is 1. The predicted octanol–water partition coefficient (Wildman–Crippen LogP) is -0.386. The minimum atomic E-state index is -0.338. The fourth-order valence-electron chi connectivity index (χ4n) is 1.29. The molecular formula is C10H15N3O3. The van der Waals surface area contributed by atoms with Gasteiger partial charge in [0.2, 0.25) is 0 Å². The summed E-state index contributed by atoms with van der Waals surface area (Å²) in [4.78, 5) is 24.2. The second-order valence-corrected chi connectivity index (χ2v) is 3.27. The van der Waals surface area contributed by atoms with Gasteiger partial charge < -0.3 is 10.0 Å². The molecule has 0 spiro atoms. The third kappa shape index (κ3) is 3.16. The first-order valence-corrected chi connectivity index (χ1v) is 5.15. The Bertz CT molecular complexity index is 382. The Balaban J connectivity index is 2.74. The number of H-pyrrole nitrogens is 1. The fraction of sp³-hybridized carbons (Fsp3) is 0.500. The third-order valence-electron chi connectivity index (χ3n) is 2.15. The summed E-state index contributed by atoms with van der Waals surface area (Å²) in [5.74, 6) is -0.243. The molecule has 6 heteroatoms. The van der Waals surface area contributed by atoms with Crippen molar-refractivity contribution in [1.29, 1.82) is 0 Å². The van der Waals surface area contributed by atoms with Gasteiger partial charge in [0.15, 0.2) is 0 Å². The number of hydrogen-bond acceptors (Lipinski definition) is 4. The highest BCUT2D eigenvalue weighted by Gasteiger charge is 2.14. The largest absolute Gasteiger partial charge is 0.396 e. The zero-order chi connectivity index (χ0) is 12.0. The van der Waals surface area contributed by atoms with Crippen LogP contribution in [0.15, 0.2) is 16.9 Å². The van der Waals surface area contributed by atoms with Crippen LogP contribution in [-0.4, -0.2) is 45.8 Å². The van der Waals surface area contributed by atoms with E-state index in [1.807, 2.05) is 6.92 Å². The lowest BCUT2D eigenvalue weighted by molar-refractivity contribution is 0.0747. The first-order chi connectivity index (χ1) is 7.69.